The highest BCUT2D eigenvalue weighted by molar-refractivity contribution is 9.10. The molecule has 7 heteroatoms. The molecule has 2 amide bonds. The fourth-order valence-corrected chi connectivity index (χ4v) is 2.16. The number of halogens is 1. The number of esters is 1. The molecule has 106 valence electrons. The Balaban J connectivity index is 1.79. The minimum absolute atomic E-state index is 0.176. The molecule has 1 heterocycles. The van der Waals surface area contributed by atoms with Crippen LogP contribution in [0.4, 0.5) is 5.69 Å². The van der Waals surface area contributed by atoms with Gasteiger partial charge in [-0.05, 0) is 34.5 Å². The highest BCUT2D eigenvalue weighted by Crippen LogP contribution is 2.20. The third-order valence-electron chi connectivity index (χ3n) is 2.77. The monoisotopic (exact) mass is 340 g/mol. The Morgan fingerprint density at radius 1 is 1.40 bits per heavy atom. The molecule has 1 saturated heterocycles. The van der Waals surface area contributed by atoms with Crippen LogP contribution in [-0.4, -0.2) is 30.4 Å². The van der Waals surface area contributed by atoms with Crippen molar-refractivity contribution in [2.24, 2.45) is 0 Å². The molecule has 0 spiro atoms. The van der Waals surface area contributed by atoms with Gasteiger partial charge in [0, 0.05) is 10.9 Å². The van der Waals surface area contributed by atoms with Crippen LogP contribution in [0.5, 0.6) is 0 Å². The molecule has 0 aromatic heterocycles. The number of rotatable bonds is 4. The number of hydrogen-bond donors (Lipinski definition) is 2. The number of anilines is 1. The SMILES string of the molecule is O=C(COC(=O)[C@H]1CCC(=O)N1)Nc1ccccc1Br. The molecule has 2 rings (SSSR count). The molecule has 6 nitrogen and oxygen atoms in total. The molecule has 1 atom stereocenters. The summed E-state index contributed by atoms with van der Waals surface area (Å²) in [4.78, 5) is 34.2. The second-order valence-electron chi connectivity index (χ2n) is 4.29. The Morgan fingerprint density at radius 2 is 2.15 bits per heavy atom. The summed E-state index contributed by atoms with van der Waals surface area (Å²) in [5.74, 6) is -1.20. The fraction of sp³-hybridized carbons (Fsp3) is 0.308. The van der Waals surface area contributed by atoms with Crippen molar-refractivity contribution in [3.05, 3.63) is 28.7 Å². The number of benzene rings is 1. The average molecular weight is 341 g/mol. The van der Waals surface area contributed by atoms with Crippen LogP contribution in [0.2, 0.25) is 0 Å². The van der Waals surface area contributed by atoms with Crippen LogP contribution in [0.3, 0.4) is 0 Å². The minimum Gasteiger partial charge on any atom is -0.454 e. The summed E-state index contributed by atoms with van der Waals surface area (Å²) >= 11 is 3.30. The first-order chi connectivity index (χ1) is 9.56. The zero-order valence-electron chi connectivity index (χ0n) is 10.5. The molecule has 1 aromatic rings. The lowest BCUT2D eigenvalue weighted by atomic mass is 10.2. The Morgan fingerprint density at radius 3 is 2.80 bits per heavy atom. The van der Waals surface area contributed by atoms with E-state index in [1.165, 1.54) is 0 Å². The summed E-state index contributed by atoms with van der Waals surface area (Å²) in [6.07, 6.45) is 0.715. The van der Waals surface area contributed by atoms with Gasteiger partial charge in [-0.15, -0.1) is 0 Å². The van der Waals surface area contributed by atoms with E-state index in [1.54, 1.807) is 18.2 Å². The van der Waals surface area contributed by atoms with Crippen LogP contribution in [-0.2, 0) is 19.1 Å². The zero-order valence-corrected chi connectivity index (χ0v) is 12.1. The van der Waals surface area contributed by atoms with Gasteiger partial charge in [-0.25, -0.2) is 4.79 Å². The quantitative estimate of drug-likeness (QED) is 0.807. The second kappa shape index (κ2) is 6.51. The van der Waals surface area contributed by atoms with Gasteiger partial charge in [0.2, 0.25) is 5.91 Å². The van der Waals surface area contributed by atoms with Gasteiger partial charge in [0.05, 0.1) is 5.69 Å². The van der Waals surface area contributed by atoms with E-state index in [9.17, 15) is 14.4 Å². The van der Waals surface area contributed by atoms with E-state index in [0.717, 1.165) is 4.47 Å². The maximum Gasteiger partial charge on any atom is 0.329 e. The van der Waals surface area contributed by atoms with Crippen LogP contribution in [0, 0.1) is 0 Å². The first-order valence-corrected chi connectivity index (χ1v) is 6.86. The number of carbonyl (C=O) groups is 3. The largest absolute Gasteiger partial charge is 0.454 e. The third-order valence-corrected chi connectivity index (χ3v) is 3.46. The molecular weight excluding hydrogens is 328 g/mol. The van der Waals surface area contributed by atoms with E-state index in [-0.39, 0.29) is 12.5 Å². The molecule has 1 aliphatic rings. The molecule has 1 aliphatic heterocycles. The van der Waals surface area contributed by atoms with E-state index >= 15 is 0 Å². The lowest BCUT2D eigenvalue weighted by Crippen LogP contribution is -2.36. The van der Waals surface area contributed by atoms with E-state index in [4.69, 9.17) is 4.74 Å². The van der Waals surface area contributed by atoms with Crippen molar-refractivity contribution in [3.63, 3.8) is 0 Å². The van der Waals surface area contributed by atoms with Crippen LogP contribution in [0.1, 0.15) is 12.8 Å². The maximum absolute atomic E-state index is 11.7. The number of nitrogens with one attached hydrogen (secondary N) is 2. The van der Waals surface area contributed by atoms with E-state index < -0.39 is 17.9 Å². The van der Waals surface area contributed by atoms with Gasteiger partial charge < -0.3 is 15.4 Å². The van der Waals surface area contributed by atoms with Crippen molar-refractivity contribution in [2.75, 3.05) is 11.9 Å². The molecule has 2 N–H and O–H groups in total. The number of ether oxygens (including phenoxy) is 1. The van der Waals surface area contributed by atoms with Crippen molar-refractivity contribution in [1.29, 1.82) is 0 Å². The van der Waals surface area contributed by atoms with E-state index in [1.807, 2.05) is 6.07 Å². The Bertz CT molecular complexity index is 547. The summed E-state index contributed by atoms with van der Waals surface area (Å²) in [7, 11) is 0. The number of hydrogen-bond acceptors (Lipinski definition) is 4. The molecule has 0 saturated carbocycles. The van der Waals surface area contributed by atoms with E-state index in [2.05, 4.69) is 26.6 Å². The summed E-state index contributed by atoms with van der Waals surface area (Å²) in [6, 6.07) is 6.47. The first-order valence-electron chi connectivity index (χ1n) is 6.06. The minimum atomic E-state index is -0.640. The Labute approximate surface area is 124 Å². The number of amides is 2. The van der Waals surface area contributed by atoms with Crippen molar-refractivity contribution >= 4 is 39.4 Å². The van der Waals surface area contributed by atoms with Gasteiger partial charge in [-0.2, -0.15) is 0 Å². The van der Waals surface area contributed by atoms with Crippen molar-refractivity contribution in [3.8, 4) is 0 Å². The zero-order chi connectivity index (χ0) is 14.5. The molecule has 0 bridgehead atoms. The first kappa shape index (κ1) is 14.5. The predicted molar refractivity (Wildman–Crippen MR) is 74.9 cm³/mol. The molecule has 20 heavy (non-hydrogen) atoms. The summed E-state index contributed by atoms with van der Waals surface area (Å²) in [5, 5.41) is 5.10. The lowest BCUT2D eigenvalue weighted by Gasteiger charge is -2.11. The molecule has 1 aromatic carbocycles. The summed E-state index contributed by atoms with van der Waals surface area (Å²) < 4.78 is 5.61. The van der Waals surface area contributed by atoms with Crippen molar-refractivity contribution < 1.29 is 19.1 Å². The number of para-hydroxylation sites is 1. The lowest BCUT2D eigenvalue weighted by molar-refractivity contribution is -0.149. The van der Waals surface area contributed by atoms with Crippen molar-refractivity contribution in [2.45, 2.75) is 18.9 Å². The highest BCUT2D eigenvalue weighted by atomic mass is 79.9. The molecular formula is C13H13BrN2O4. The molecule has 0 unspecified atom stereocenters. The highest BCUT2D eigenvalue weighted by Gasteiger charge is 2.28. The van der Waals surface area contributed by atoms with Gasteiger partial charge in [0.15, 0.2) is 6.61 Å². The number of carbonyl (C=O) groups excluding carboxylic acids is 3. The van der Waals surface area contributed by atoms with Gasteiger partial charge >= 0.3 is 5.97 Å². The van der Waals surface area contributed by atoms with Crippen LogP contribution in [0.25, 0.3) is 0 Å². The Hall–Kier alpha value is -1.89. The van der Waals surface area contributed by atoms with Crippen molar-refractivity contribution in [1.82, 2.24) is 5.32 Å². The van der Waals surface area contributed by atoms with E-state index in [0.29, 0.717) is 18.5 Å². The average Bonchev–Trinajstić information content (AvgIpc) is 2.85. The maximum atomic E-state index is 11.7. The smallest absolute Gasteiger partial charge is 0.329 e. The third kappa shape index (κ3) is 3.80. The predicted octanol–water partition coefficient (Wildman–Crippen LogP) is 1.21. The summed E-state index contributed by atoms with van der Waals surface area (Å²) in [5.41, 5.74) is 0.600. The fourth-order valence-electron chi connectivity index (χ4n) is 1.78. The molecule has 1 fully saturated rings. The topological polar surface area (TPSA) is 84.5 Å². The van der Waals surface area contributed by atoms with Gasteiger partial charge in [0.25, 0.3) is 5.91 Å². The van der Waals surface area contributed by atoms with Crippen LogP contribution < -0.4 is 10.6 Å². The van der Waals surface area contributed by atoms with Crippen LogP contribution >= 0.6 is 15.9 Å². The molecule has 0 aliphatic carbocycles. The van der Waals surface area contributed by atoms with Crippen LogP contribution in [0.15, 0.2) is 28.7 Å². The van der Waals surface area contributed by atoms with Gasteiger partial charge in [0.1, 0.15) is 6.04 Å². The van der Waals surface area contributed by atoms with Gasteiger partial charge in [-0.1, -0.05) is 12.1 Å². The standard InChI is InChI=1S/C13H13BrN2O4/c14-8-3-1-2-4-9(8)15-12(18)7-20-13(19)10-5-6-11(17)16-10/h1-4,10H,5-7H2,(H,15,18)(H,16,17)/t10-/m1/s1. The molecule has 0 radical (unpaired) electrons. The Kier molecular flexibility index (Phi) is 4.73. The summed E-state index contributed by atoms with van der Waals surface area (Å²) in [6.45, 7) is -0.382. The normalized spacial score (nSPS) is 17.4. The van der Waals surface area contributed by atoms with Gasteiger partial charge in [-0.3, -0.25) is 9.59 Å². The second-order valence-corrected chi connectivity index (χ2v) is 5.15.